The third kappa shape index (κ3) is 2.20. The lowest BCUT2D eigenvalue weighted by Crippen LogP contribution is -2.32. The molecule has 1 aliphatic rings. The van der Waals surface area contributed by atoms with Gasteiger partial charge in [0.05, 0.1) is 5.41 Å². The van der Waals surface area contributed by atoms with Crippen LogP contribution in [0.5, 0.6) is 0 Å². The lowest BCUT2D eigenvalue weighted by Gasteiger charge is -2.24. The van der Waals surface area contributed by atoms with Crippen molar-refractivity contribution in [1.82, 2.24) is 0 Å². The van der Waals surface area contributed by atoms with Crippen LogP contribution in [0, 0.1) is 0 Å². The number of carbonyl (C=O) groups is 1. The maximum Gasteiger partial charge on any atom is 0.314 e. The Kier molecular flexibility index (Phi) is 3.48. The third-order valence-electron chi connectivity index (χ3n) is 3.75. The van der Waals surface area contributed by atoms with Crippen LogP contribution in [0.15, 0.2) is 24.3 Å². The van der Waals surface area contributed by atoms with Gasteiger partial charge in [0.25, 0.3) is 0 Å². The predicted molar refractivity (Wildman–Crippen MR) is 65.0 cm³/mol. The Balaban J connectivity index is 2.36. The Morgan fingerprint density at radius 3 is 2.59 bits per heavy atom. The molecular weight excluding hydrogens is 216 g/mol. The maximum atomic E-state index is 11.5. The molecule has 0 aliphatic heterocycles. The van der Waals surface area contributed by atoms with E-state index in [0.29, 0.717) is 6.42 Å². The van der Waals surface area contributed by atoms with Gasteiger partial charge in [0.15, 0.2) is 0 Å². The Bertz CT molecular complexity index is 406. The molecule has 0 heterocycles. The van der Waals surface area contributed by atoms with E-state index >= 15 is 0 Å². The molecule has 1 saturated carbocycles. The summed E-state index contributed by atoms with van der Waals surface area (Å²) in [6.07, 6.45) is 4.01. The van der Waals surface area contributed by atoms with Crippen LogP contribution >= 0.6 is 0 Å². The van der Waals surface area contributed by atoms with Crippen molar-refractivity contribution in [3.63, 3.8) is 0 Å². The number of carboxylic acid groups (broad SMARTS) is 1. The zero-order valence-electron chi connectivity index (χ0n) is 9.85. The number of hydrogen-bond acceptors (Lipinski definition) is 2. The summed E-state index contributed by atoms with van der Waals surface area (Å²) in [7, 11) is 0. The second kappa shape index (κ2) is 4.88. The lowest BCUT2D eigenvalue weighted by molar-refractivity contribution is -0.143. The van der Waals surface area contributed by atoms with Crippen molar-refractivity contribution in [2.75, 3.05) is 6.61 Å². The highest BCUT2D eigenvalue weighted by molar-refractivity contribution is 5.81. The quantitative estimate of drug-likeness (QED) is 0.839. The molecule has 92 valence electrons. The van der Waals surface area contributed by atoms with Gasteiger partial charge in [-0.3, -0.25) is 4.79 Å². The average molecular weight is 234 g/mol. The highest BCUT2D eigenvalue weighted by Gasteiger charge is 2.42. The van der Waals surface area contributed by atoms with Gasteiger partial charge >= 0.3 is 5.97 Å². The van der Waals surface area contributed by atoms with Crippen LogP contribution in [0.25, 0.3) is 0 Å². The van der Waals surface area contributed by atoms with Gasteiger partial charge in [0.2, 0.25) is 0 Å². The van der Waals surface area contributed by atoms with Crippen molar-refractivity contribution < 1.29 is 15.0 Å². The first-order chi connectivity index (χ1) is 8.19. The highest BCUT2D eigenvalue weighted by Crippen LogP contribution is 2.41. The van der Waals surface area contributed by atoms with E-state index in [-0.39, 0.29) is 6.61 Å². The molecule has 2 rings (SSSR count). The highest BCUT2D eigenvalue weighted by atomic mass is 16.4. The molecule has 0 saturated heterocycles. The standard InChI is InChI=1S/C14H18O3/c15-9-6-11-4-3-5-12(10-11)14(13(16)17)7-1-2-8-14/h3-5,10,15H,1-2,6-9H2,(H,16,17). The minimum absolute atomic E-state index is 0.101. The van der Waals surface area contributed by atoms with Gasteiger partial charge in [-0.05, 0) is 30.4 Å². The van der Waals surface area contributed by atoms with Crippen LogP contribution in [0.1, 0.15) is 36.8 Å². The molecule has 2 N–H and O–H groups in total. The van der Waals surface area contributed by atoms with Crippen LogP contribution in [0.3, 0.4) is 0 Å². The number of rotatable bonds is 4. The summed E-state index contributed by atoms with van der Waals surface area (Å²) < 4.78 is 0. The van der Waals surface area contributed by atoms with Crippen molar-refractivity contribution in [1.29, 1.82) is 0 Å². The first-order valence-electron chi connectivity index (χ1n) is 6.13. The zero-order valence-corrected chi connectivity index (χ0v) is 9.85. The minimum atomic E-state index is -0.712. The molecule has 0 unspecified atom stereocenters. The van der Waals surface area contributed by atoms with Crippen molar-refractivity contribution in [2.45, 2.75) is 37.5 Å². The van der Waals surface area contributed by atoms with Crippen LogP contribution < -0.4 is 0 Å². The van der Waals surface area contributed by atoms with Gasteiger partial charge in [-0.1, -0.05) is 37.1 Å². The second-order valence-corrected chi connectivity index (χ2v) is 4.77. The summed E-state index contributed by atoms with van der Waals surface area (Å²) in [4.78, 5) is 11.5. The summed E-state index contributed by atoms with van der Waals surface area (Å²) in [6, 6.07) is 7.67. The molecule has 1 fully saturated rings. The summed E-state index contributed by atoms with van der Waals surface area (Å²) in [5.74, 6) is -0.712. The normalized spacial score (nSPS) is 18.2. The lowest BCUT2D eigenvalue weighted by atomic mass is 9.78. The Labute approximate surface area is 101 Å². The van der Waals surface area contributed by atoms with Gasteiger partial charge in [0.1, 0.15) is 0 Å². The van der Waals surface area contributed by atoms with Crippen LogP contribution in [-0.2, 0) is 16.6 Å². The van der Waals surface area contributed by atoms with E-state index in [1.54, 1.807) is 0 Å². The van der Waals surface area contributed by atoms with Crippen molar-refractivity contribution in [2.24, 2.45) is 0 Å². The molecule has 1 aromatic rings. The van der Waals surface area contributed by atoms with Crippen molar-refractivity contribution in [3.8, 4) is 0 Å². The van der Waals surface area contributed by atoms with Crippen molar-refractivity contribution >= 4 is 5.97 Å². The molecule has 0 spiro atoms. The second-order valence-electron chi connectivity index (χ2n) is 4.77. The molecule has 0 amide bonds. The molecule has 0 aromatic heterocycles. The van der Waals surface area contributed by atoms with Gasteiger partial charge in [-0.15, -0.1) is 0 Å². The Morgan fingerprint density at radius 1 is 1.29 bits per heavy atom. The summed E-state index contributed by atoms with van der Waals surface area (Å²) >= 11 is 0. The molecular formula is C14H18O3. The SMILES string of the molecule is O=C(O)C1(c2cccc(CCO)c2)CCCC1. The predicted octanol–water partition coefficient (Wildman–Crippen LogP) is 2.12. The fourth-order valence-electron chi connectivity index (χ4n) is 2.76. The molecule has 1 aromatic carbocycles. The topological polar surface area (TPSA) is 57.5 Å². The largest absolute Gasteiger partial charge is 0.481 e. The van der Waals surface area contributed by atoms with Crippen LogP contribution in [0.2, 0.25) is 0 Å². The monoisotopic (exact) mass is 234 g/mol. The van der Waals surface area contributed by atoms with E-state index < -0.39 is 11.4 Å². The van der Waals surface area contributed by atoms with Crippen molar-refractivity contribution in [3.05, 3.63) is 35.4 Å². The molecule has 17 heavy (non-hydrogen) atoms. The number of hydrogen-bond donors (Lipinski definition) is 2. The number of carboxylic acids is 1. The van der Waals surface area contributed by atoms with Crippen LogP contribution in [-0.4, -0.2) is 22.8 Å². The maximum absolute atomic E-state index is 11.5. The summed E-state index contributed by atoms with van der Waals surface area (Å²) in [5.41, 5.74) is 1.22. The molecule has 1 aliphatic carbocycles. The zero-order chi connectivity index (χ0) is 12.3. The molecule has 0 radical (unpaired) electrons. The first-order valence-corrected chi connectivity index (χ1v) is 6.13. The number of aliphatic hydroxyl groups is 1. The van der Waals surface area contributed by atoms with Crippen LogP contribution in [0.4, 0.5) is 0 Å². The number of benzene rings is 1. The smallest absolute Gasteiger partial charge is 0.314 e. The van der Waals surface area contributed by atoms with Gasteiger partial charge < -0.3 is 10.2 Å². The number of aliphatic carboxylic acids is 1. The molecule has 0 atom stereocenters. The molecule has 3 heteroatoms. The molecule has 3 nitrogen and oxygen atoms in total. The summed E-state index contributed by atoms with van der Waals surface area (Å²) in [6.45, 7) is 0.101. The van der Waals surface area contributed by atoms with Gasteiger partial charge in [0, 0.05) is 6.61 Å². The van der Waals surface area contributed by atoms with Gasteiger partial charge in [-0.2, -0.15) is 0 Å². The number of aliphatic hydroxyl groups excluding tert-OH is 1. The van der Waals surface area contributed by atoms with E-state index in [4.69, 9.17) is 5.11 Å². The third-order valence-corrected chi connectivity index (χ3v) is 3.75. The van der Waals surface area contributed by atoms with E-state index in [2.05, 4.69) is 0 Å². The Hall–Kier alpha value is -1.35. The summed E-state index contributed by atoms with van der Waals surface area (Å²) in [5, 5.41) is 18.4. The fraction of sp³-hybridized carbons (Fsp3) is 0.500. The van der Waals surface area contributed by atoms with Gasteiger partial charge in [-0.25, -0.2) is 0 Å². The average Bonchev–Trinajstić information content (AvgIpc) is 2.80. The van der Waals surface area contributed by atoms with E-state index in [1.165, 1.54) is 0 Å². The van der Waals surface area contributed by atoms with E-state index in [1.807, 2.05) is 24.3 Å². The van der Waals surface area contributed by atoms with E-state index in [0.717, 1.165) is 36.8 Å². The fourth-order valence-corrected chi connectivity index (χ4v) is 2.76. The van der Waals surface area contributed by atoms with E-state index in [9.17, 15) is 9.90 Å². The first kappa shape index (κ1) is 12.1. The molecule has 0 bridgehead atoms. The minimum Gasteiger partial charge on any atom is -0.481 e. The Morgan fingerprint density at radius 2 is 2.00 bits per heavy atom.